The van der Waals surface area contributed by atoms with Crippen LogP contribution in [0.2, 0.25) is 0 Å². The van der Waals surface area contributed by atoms with Crippen molar-refractivity contribution in [1.82, 2.24) is 26.6 Å². The zero-order chi connectivity index (χ0) is 86.6. The van der Waals surface area contributed by atoms with Gasteiger partial charge in [-0.3, -0.25) is 0 Å². The highest BCUT2D eigenvalue weighted by Gasteiger charge is 2.31. The van der Waals surface area contributed by atoms with Crippen molar-refractivity contribution >= 4 is 102 Å². The largest absolute Gasteiger partial charge is 0.372 e. The molecule has 0 spiro atoms. The van der Waals surface area contributed by atoms with Crippen LogP contribution in [0.5, 0.6) is 0 Å². The molecule has 0 saturated heterocycles. The Morgan fingerprint density at radius 3 is 1.02 bits per heavy atom. The molecule has 9 aliphatic heterocycles. The Labute approximate surface area is 730 Å². The summed E-state index contributed by atoms with van der Waals surface area (Å²) in [5.74, 6) is 0. The maximum atomic E-state index is 7.12. The number of likely N-dealkylation sites (N-methyl/N-ethyl adjacent to an activating group) is 5. The third-order valence-corrected chi connectivity index (χ3v) is 31.9. The van der Waals surface area contributed by atoms with Crippen molar-refractivity contribution in [3.05, 3.63) is 194 Å². The molecule has 27 heteroatoms. The van der Waals surface area contributed by atoms with Crippen LogP contribution in [0.1, 0.15) is 224 Å². The zero-order valence-electron chi connectivity index (χ0n) is 75.1. The second-order valence-corrected chi connectivity index (χ2v) is 38.4. The van der Waals surface area contributed by atoms with Gasteiger partial charge in [0.25, 0.3) is 0 Å². The highest BCUT2D eigenvalue weighted by Crippen LogP contribution is 2.41. The maximum absolute atomic E-state index is 7.12. The molecular weight excluding hydrogens is 1620 g/mol. The number of aryl methyl sites for hydroxylation is 6. The van der Waals surface area contributed by atoms with Crippen molar-refractivity contribution in [2.45, 2.75) is 194 Å². The molecule has 18 heterocycles. The fourth-order valence-electron chi connectivity index (χ4n) is 15.4. The summed E-state index contributed by atoms with van der Waals surface area (Å²) < 4.78 is 93.5. The van der Waals surface area contributed by atoms with E-state index in [1.807, 2.05) is 100 Å². The van der Waals surface area contributed by atoms with Gasteiger partial charge in [-0.05, 0) is 222 Å². The van der Waals surface area contributed by atoms with Crippen LogP contribution < -0.4 is 49.5 Å². The summed E-state index contributed by atoms with van der Waals surface area (Å²) in [4.78, 5) is 16.0. The molecular formula is C88H131N9O9S9. The lowest BCUT2D eigenvalue weighted by Crippen LogP contribution is -2.33. The Morgan fingerprint density at radius 2 is 0.678 bits per heavy atom. The monoisotopic (exact) mass is 1750 g/mol. The predicted molar refractivity (Wildman–Crippen MR) is 488 cm³/mol. The lowest BCUT2D eigenvalue weighted by Gasteiger charge is -2.28. The number of nitrogens with two attached hydrogens (primary N) is 4. The quantitative estimate of drug-likeness (QED) is 0.0387. The molecule has 115 heavy (non-hydrogen) atoms. The number of hydrogen-bond donors (Lipinski definition) is 9. The van der Waals surface area contributed by atoms with E-state index in [1.165, 1.54) is 126 Å². The number of ether oxygens (including phenoxy) is 9. The predicted octanol–water partition coefficient (Wildman–Crippen LogP) is 16.7. The van der Waals surface area contributed by atoms with Gasteiger partial charge in [0.2, 0.25) is 0 Å². The van der Waals surface area contributed by atoms with E-state index in [9.17, 15) is 0 Å². The van der Waals surface area contributed by atoms with Crippen LogP contribution in [0.4, 0.5) is 0 Å². The zero-order valence-corrected chi connectivity index (χ0v) is 76.4. The molecule has 18 rings (SSSR count). The van der Waals surface area contributed by atoms with E-state index in [1.54, 1.807) is 22.7 Å². The summed E-state index contributed by atoms with van der Waals surface area (Å²) in [5.41, 5.74) is 39.6. The highest BCUT2D eigenvalue weighted by atomic mass is 32.1. The Bertz CT molecular complexity index is 4240. The summed E-state index contributed by atoms with van der Waals surface area (Å²) in [6, 6.07) is 11.5. The minimum atomic E-state index is -2.09. The van der Waals surface area contributed by atoms with Crippen LogP contribution in [0.3, 0.4) is 0 Å². The van der Waals surface area contributed by atoms with E-state index in [0.717, 1.165) is 143 Å². The molecule has 0 aliphatic carbocycles. The second kappa shape index (κ2) is 49.6. The Balaban J connectivity index is 0.000000143. The van der Waals surface area contributed by atoms with Gasteiger partial charge in [0, 0.05) is 178 Å². The van der Waals surface area contributed by atoms with Crippen molar-refractivity contribution < 1.29 is 50.9 Å². The number of thiophene rings is 9. The van der Waals surface area contributed by atoms with Crippen LogP contribution in [0.15, 0.2) is 68.0 Å². The van der Waals surface area contributed by atoms with Gasteiger partial charge in [0.15, 0.2) is 0 Å². The molecule has 0 radical (unpaired) electrons. The molecule has 0 fully saturated rings. The molecule has 0 aromatic carbocycles. The first-order valence-corrected chi connectivity index (χ1v) is 48.9. The van der Waals surface area contributed by atoms with Gasteiger partial charge in [0.05, 0.1) is 114 Å². The fourth-order valence-corrected chi connectivity index (χ4v) is 24.7. The molecule has 13 N–H and O–H groups in total. The highest BCUT2D eigenvalue weighted by molar-refractivity contribution is 7.13. The number of hydrogen-bond acceptors (Lipinski definition) is 27. The molecule has 18 nitrogen and oxygen atoms in total. The number of rotatable bonds is 18. The van der Waals surface area contributed by atoms with Crippen LogP contribution >= 0.6 is 102 Å². The van der Waals surface area contributed by atoms with E-state index < -0.39 is 14.0 Å². The van der Waals surface area contributed by atoms with Gasteiger partial charge in [-0.15, -0.1) is 102 Å². The van der Waals surface area contributed by atoms with Crippen LogP contribution in [0.25, 0.3) is 0 Å². The van der Waals surface area contributed by atoms with E-state index >= 15 is 0 Å². The molecule has 636 valence electrons. The van der Waals surface area contributed by atoms with E-state index in [4.69, 9.17) is 73.8 Å². The molecule has 10 atom stereocenters. The lowest BCUT2D eigenvalue weighted by atomic mass is 10.0. The van der Waals surface area contributed by atoms with Crippen LogP contribution in [-0.4, -0.2) is 152 Å². The van der Waals surface area contributed by atoms with Gasteiger partial charge >= 0.3 is 0 Å². The van der Waals surface area contributed by atoms with E-state index in [2.05, 4.69) is 143 Å². The Kier molecular flexibility index (Phi) is 36.7. The third kappa shape index (κ3) is 25.8. The normalized spacial score (nSPS) is 23.0. The maximum Gasteiger partial charge on any atom is 0.0985 e. The number of fused-ring (bicyclic) bond motifs is 9. The van der Waals surface area contributed by atoms with Crippen LogP contribution in [0, 0.1) is 27.7 Å². The van der Waals surface area contributed by atoms with Crippen LogP contribution in [-0.2, 0) is 113 Å². The molecule has 9 aromatic rings. The first-order valence-electron chi connectivity index (χ1n) is 44.1. The summed E-state index contributed by atoms with van der Waals surface area (Å²) in [5, 5.41) is 30.1. The SMILES string of the molecule is CCNC[C@@H]1OCCc2sccc21.CCNC[C@H]1OCCc2sccc21.CCc1cc2c(s1)CCO[C@@H]2CN.CCc1cc2c(s1)CCO[C@H]2CN.CN[C@H](C)[C@H]1OCCc2sccc21.Cc1csc2c1[C@@H](CN)OCC2.Cc1csc2c1[C@H](CN)OCC2.[2H]C([2H])([2H])NC[C@@H]1OCCc2scc(C)c21.[2H]C([2H])([2H])NC[C@H]1OCCc2scc(C)c21. The van der Waals surface area contributed by atoms with Crippen molar-refractivity contribution in [2.24, 2.45) is 22.9 Å². The molecule has 0 saturated carbocycles. The third-order valence-electron chi connectivity index (χ3n) is 21.5. The van der Waals surface area contributed by atoms with Crippen molar-refractivity contribution in [1.29, 1.82) is 0 Å². The summed E-state index contributed by atoms with van der Waals surface area (Å²) in [6.45, 7) is 29.3. The lowest BCUT2D eigenvalue weighted by molar-refractivity contribution is 0.0227. The van der Waals surface area contributed by atoms with Crippen molar-refractivity contribution in [2.75, 3.05) is 146 Å². The Hall–Kier alpha value is -3.42. The minimum absolute atomic E-state index is 0.115. The summed E-state index contributed by atoms with van der Waals surface area (Å²) >= 11 is 16.5. The molecule has 0 bridgehead atoms. The summed E-state index contributed by atoms with van der Waals surface area (Å²) in [6.07, 6.45) is 12.9. The van der Waals surface area contributed by atoms with E-state index in [0.29, 0.717) is 58.5 Å². The standard InChI is InChI=1S/7C10H15NOS.2C9H13NOS/c1-7(11-2)10-8-4-6-13-9(8)3-5-12-10;2*1-7-6-13-9-3-4-12-8(5-11-2)10(7)9;2*1-2-11-7-9-8-4-6-13-10(8)3-5-12-9;2*1-2-7-5-8-9(6-11)12-4-3-10(8)13-7;2*1-6-5-12-8-2-3-11-7(4-10)9(6)8/h4,6-7,10-11H,3,5H2,1-2H3;2*6,8,11H,3-5H2,1-2H3;2*4,6,9,11H,2-3,5,7H2,1H3;2*5,9H,2-4,6,11H2,1H3;2*5,7H,2-4,10H2,1H3/t7-,10-;2*8-;4*9-;2*7-/m110101010/s1/i;2*2D3;;;;;;. The topological polar surface area (TPSA) is 247 Å². The molecule has 0 amide bonds. The minimum Gasteiger partial charge on any atom is -0.372 e. The first-order chi connectivity index (χ1) is 58.4. The number of nitrogens with one attached hydrogen (secondary N) is 5. The van der Waals surface area contributed by atoms with Gasteiger partial charge in [-0.2, -0.15) is 0 Å². The fraction of sp³-hybridized carbons (Fsp3) is 0.591. The van der Waals surface area contributed by atoms with Crippen molar-refractivity contribution in [3.63, 3.8) is 0 Å². The average Bonchev–Trinajstić information content (AvgIpc) is 1.68. The smallest absolute Gasteiger partial charge is 0.0985 e. The van der Waals surface area contributed by atoms with E-state index in [-0.39, 0.29) is 54.9 Å². The second-order valence-electron chi connectivity index (χ2n) is 29.1. The van der Waals surface area contributed by atoms with Gasteiger partial charge in [-0.1, -0.05) is 27.7 Å². The summed E-state index contributed by atoms with van der Waals surface area (Å²) in [7, 11) is 1.98. The van der Waals surface area contributed by atoms with Gasteiger partial charge < -0.3 is 92.2 Å². The van der Waals surface area contributed by atoms with Gasteiger partial charge in [-0.25, -0.2) is 0 Å². The molecule has 9 aromatic heterocycles. The average molecular weight is 1750 g/mol. The van der Waals surface area contributed by atoms with Crippen molar-refractivity contribution in [3.8, 4) is 0 Å². The molecule has 9 aliphatic rings. The first kappa shape index (κ1) is 85.2. The molecule has 0 unspecified atom stereocenters. The Morgan fingerprint density at radius 1 is 0.374 bits per heavy atom. The van der Waals surface area contributed by atoms with Gasteiger partial charge in [0.1, 0.15) is 0 Å².